The molecule has 0 aliphatic heterocycles. The summed E-state index contributed by atoms with van der Waals surface area (Å²) in [5, 5.41) is 9.46. The van der Waals surface area contributed by atoms with E-state index in [2.05, 4.69) is 12.1 Å². The lowest BCUT2D eigenvalue weighted by molar-refractivity contribution is 0.253. The molecule has 1 aliphatic carbocycles. The number of aliphatic hydroxyl groups is 1. The molecule has 2 nitrogen and oxygen atoms in total. The second-order valence-electron chi connectivity index (χ2n) is 5.21. The number of benzene rings is 1. The number of aliphatic hydroxyl groups excluding tert-OH is 1. The van der Waals surface area contributed by atoms with Crippen molar-refractivity contribution in [3.8, 4) is 0 Å². The predicted octanol–water partition coefficient (Wildman–Crippen LogP) is 1.90. The first kappa shape index (κ1) is 10.7. The van der Waals surface area contributed by atoms with Gasteiger partial charge < -0.3 is 10.8 Å². The van der Waals surface area contributed by atoms with Crippen LogP contribution in [0.1, 0.15) is 37.8 Å². The van der Waals surface area contributed by atoms with Crippen molar-refractivity contribution >= 4 is 0 Å². The summed E-state index contributed by atoms with van der Waals surface area (Å²) in [6, 6.07) is 8.22. The van der Waals surface area contributed by atoms with Crippen LogP contribution < -0.4 is 5.73 Å². The highest BCUT2D eigenvalue weighted by atomic mass is 16.3. The van der Waals surface area contributed by atoms with Gasteiger partial charge in [0.25, 0.3) is 0 Å². The van der Waals surface area contributed by atoms with Crippen LogP contribution >= 0.6 is 0 Å². The van der Waals surface area contributed by atoms with Gasteiger partial charge in [0.2, 0.25) is 0 Å². The van der Waals surface area contributed by atoms with Gasteiger partial charge in [-0.1, -0.05) is 24.3 Å². The Bertz CT molecular complexity index is 361. The third-order valence-electron chi connectivity index (χ3n) is 3.35. The summed E-state index contributed by atoms with van der Waals surface area (Å²) < 4.78 is 0. The molecule has 0 unspecified atom stereocenters. The first-order valence-corrected chi connectivity index (χ1v) is 5.49. The zero-order valence-electron chi connectivity index (χ0n) is 9.46. The third kappa shape index (κ3) is 1.80. The Morgan fingerprint density at radius 1 is 1.33 bits per heavy atom. The maximum absolute atomic E-state index is 9.46. The van der Waals surface area contributed by atoms with Crippen molar-refractivity contribution in [2.24, 2.45) is 5.73 Å². The Kier molecular flexibility index (Phi) is 2.36. The topological polar surface area (TPSA) is 46.2 Å². The average Bonchev–Trinajstić information content (AvgIpc) is 2.97. The van der Waals surface area contributed by atoms with E-state index >= 15 is 0 Å². The van der Waals surface area contributed by atoms with Gasteiger partial charge in [-0.2, -0.15) is 0 Å². The third-order valence-corrected chi connectivity index (χ3v) is 3.35. The number of hydrogen-bond acceptors (Lipinski definition) is 2. The Morgan fingerprint density at radius 2 is 1.93 bits per heavy atom. The summed E-state index contributed by atoms with van der Waals surface area (Å²) in [5.74, 6) is 0. The Labute approximate surface area is 91.1 Å². The fourth-order valence-electron chi connectivity index (χ4n) is 2.17. The molecule has 0 atom stereocenters. The van der Waals surface area contributed by atoms with E-state index < -0.39 is 0 Å². The van der Waals surface area contributed by atoms with Crippen LogP contribution in [0, 0.1) is 0 Å². The fraction of sp³-hybridized carbons (Fsp3) is 0.538. The van der Waals surface area contributed by atoms with Gasteiger partial charge in [0, 0.05) is 11.0 Å². The summed E-state index contributed by atoms with van der Waals surface area (Å²) >= 11 is 0. The van der Waals surface area contributed by atoms with Gasteiger partial charge in [-0.05, 0) is 37.8 Å². The van der Waals surface area contributed by atoms with E-state index in [1.165, 1.54) is 5.56 Å². The Morgan fingerprint density at radius 3 is 2.40 bits per heavy atom. The average molecular weight is 205 g/mol. The van der Waals surface area contributed by atoms with Gasteiger partial charge >= 0.3 is 0 Å². The quantitative estimate of drug-likeness (QED) is 0.791. The van der Waals surface area contributed by atoms with Crippen LogP contribution in [0.4, 0.5) is 0 Å². The summed E-state index contributed by atoms with van der Waals surface area (Å²) in [5.41, 5.74) is 8.23. The lowest BCUT2D eigenvalue weighted by Gasteiger charge is -2.26. The molecule has 2 heteroatoms. The van der Waals surface area contributed by atoms with Crippen LogP contribution in [-0.4, -0.2) is 11.7 Å². The summed E-state index contributed by atoms with van der Waals surface area (Å²) in [6.45, 7) is 4.26. The highest BCUT2D eigenvalue weighted by Gasteiger charge is 2.45. The van der Waals surface area contributed by atoms with Crippen molar-refractivity contribution in [3.05, 3.63) is 35.4 Å². The van der Waals surface area contributed by atoms with Crippen molar-refractivity contribution in [2.75, 3.05) is 6.61 Å². The SMILES string of the molecule is CC(C)(N)c1ccccc1C1(CO)CC1. The molecule has 1 aromatic rings. The number of hydrogen-bond donors (Lipinski definition) is 2. The summed E-state index contributed by atoms with van der Waals surface area (Å²) in [6.07, 6.45) is 2.16. The second kappa shape index (κ2) is 3.32. The minimum Gasteiger partial charge on any atom is -0.395 e. The van der Waals surface area contributed by atoms with Crippen LogP contribution in [0.25, 0.3) is 0 Å². The molecule has 0 spiro atoms. The van der Waals surface area contributed by atoms with Crippen molar-refractivity contribution in [2.45, 2.75) is 37.6 Å². The van der Waals surface area contributed by atoms with Gasteiger partial charge in [-0.25, -0.2) is 0 Å². The molecule has 1 fully saturated rings. The van der Waals surface area contributed by atoms with Gasteiger partial charge in [-0.15, -0.1) is 0 Å². The molecule has 1 saturated carbocycles. The van der Waals surface area contributed by atoms with E-state index in [0.717, 1.165) is 18.4 Å². The standard InChI is InChI=1S/C13H19NO/c1-12(2,14)10-5-3-4-6-11(10)13(9-15)7-8-13/h3-6,15H,7-9,14H2,1-2H3. The predicted molar refractivity (Wildman–Crippen MR) is 61.7 cm³/mol. The monoisotopic (exact) mass is 205 g/mol. The second-order valence-corrected chi connectivity index (χ2v) is 5.21. The van der Waals surface area contributed by atoms with E-state index in [1.807, 2.05) is 26.0 Å². The zero-order valence-corrected chi connectivity index (χ0v) is 9.46. The summed E-state index contributed by atoms with van der Waals surface area (Å²) in [4.78, 5) is 0. The van der Waals surface area contributed by atoms with E-state index in [1.54, 1.807) is 0 Å². The van der Waals surface area contributed by atoms with Crippen molar-refractivity contribution in [1.29, 1.82) is 0 Å². The maximum atomic E-state index is 9.46. The fourth-order valence-corrected chi connectivity index (χ4v) is 2.17. The maximum Gasteiger partial charge on any atom is 0.0528 e. The van der Waals surface area contributed by atoms with E-state index in [0.29, 0.717) is 0 Å². The van der Waals surface area contributed by atoms with Crippen LogP contribution in [-0.2, 0) is 11.0 Å². The molecule has 1 aromatic carbocycles. The highest BCUT2D eigenvalue weighted by molar-refractivity contribution is 5.41. The lowest BCUT2D eigenvalue weighted by atomic mass is 9.83. The molecule has 82 valence electrons. The molecule has 2 rings (SSSR count). The molecule has 0 amide bonds. The highest BCUT2D eigenvalue weighted by Crippen LogP contribution is 2.49. The van der Waals surface area contributed by atoms with Gasteiger partial charge in [0.15, 0.2) is 0 Å². The molecule has 0 heterocycles. The van der Waals surface area contributed by atoms with Crippen LogP contribution in [0.5, 0.6) is 0 Å². The molecule has 3 N–H and O–H groups in total. The molecule has 1 aliphatic rings. The first-order valence-electron chi connectivity index (χ1n) is 5.49. The minimum atomic E-state index is -0.332. The molecular weight excluding hydrogens is 186 g/mol. The largest absolute Gasteiger partial charge is 0.395 e. The van der Waals surface area contributed by atoms with Crippen LogP contribution in [0.15, 0.2) is 24.3 Å². The van der Waals surface area contributed by atoms with Crippen LogP contribution in [0.2, 0.25) is 0 Å². The zero-order chi connectivity index (χ0) is 11.1. The first-order chi connectivity index (χ1) is 6.99. The molecule has 15 heavy (non-hydrogen) atoms. The van der Waals surface area contributed by atoms with Crippen molar-refractivity contribution in [1.82, 2.24) is 0 Å². The number of nitrogens with two attached hydrogens (primary N) is 1. The Hall–Kier alpha value is -0.860. The molecular formula is C13H19NO. The van der Waals surface area contributed by atoms with E-state index in [-0.39, 0.29) is 17.6 Å². The van der Waals surface area contributed by atoms with Gasteiger partial charge in [-0.3, -0.25) is 0 Å². The Balaban J connectivity index is 2.48. The van der Waals surface area contributed by atoms with Gasteiger partial charge in [0.05, 0.1) is 6.61 Å². The smallest absolute Gasteiger partial charge is 0.0528 e. The lowest BCUT2D eigenvalue weighted by Crippen LogP contribution is -2.32. The molecule has 0 aromatic heterocycles. The van der Waals surface area contributed by atoms with Gasteiger partial charge in [0.1, 0.15) is 0 Å². The molecule has 0 bridgehead atoms. The van der Waals surface area contributed by atoms with Crippen molar-refractivity contribution < 1.29 is 5.11 Å². The van der Waals surface area contributed by atoms with E-state index in [4.69, 9.17) is 5.73 Å². The number of rotatable bonds is 3. The van der Waals surface area contributed by atoms with Crippen molar-refractivity contribution in [3.63, 3.8) is 0 Å². The van der Waals surface area contributed by atoms with Crippen LogP contribution in [0.3, 0.4) is 0 Å². The summed E-state index contributed by atoms with van der Waals surface area (Å²) in [7, 11) is 0. The normalized spacial score (nSPS) is 18.9. The molecule has 0 radical (unpaired) electrons. The molecule has 0 saturated heterocycles. The minimum absolute atomic E-state index is 0.00718. The van der Waals surface area contributed by atoms with E-state index in [9.17, 15) is 5.11 Å².